The average Bonchev–Trinajstić information content (AvgIpc) is 3.19. The number of aromatic hydroxyl groups is 1. The number of phenols is 1. The van der Waals surface area contributed by atoms with Crippen molar-refractivity contribution in [3.05, 3.63) is 65.0 Å². The molecule has 0 amide bonds. The monoisotopic (exact) mass is 335 g/mol. The minimum atomic E-state index is 0.0886. The standard InChI is InChI=1S/C18H13N3O2S/c22-12-5-3-4-11(8-12)16-10-24-18(19-16)21-20-15-9-17(23)14-7-2-1-6-13(14)15/h1-8,10,22H,9H2,(H,19,21). The summed E-state index contributed by atoms with van der Waals surface area (Å²) in [6.07, 6.45) is 0.303. The van der Waals surface area contributed by atoms with Gasteiger partial charge in [0, 0.05) is 22.1 Å². The van der Waals surface area contributed by atoms with Crippen LogP contribution in [-0.2, 0) is 0 Å². The third kappa shape index (κ3) is 2.68. The van der Waals surface area contributed by atoms with Crippen LogP contribution in [0.25, 0.3) is 11.3 Å². The predicted octanol–water partition coefficient (Wildman–Crippen LogP) is 3.92. The summed E-state index contributed by atoms with van der Waals surface area (Å²) in [5.74, 6) is 0.294. The van der Waals surface area contributed by atoms with E-state index < -0.39 is 0 Å². The molecule has 1 aromatic heterocycles. The minimum Gasteiger partial charge on any atom is -0.508 e. The Balaban J connectivity index is 1.56. The predicted molar refractivity (Wildman–Crippen MR) is 94.8 cm³/mol. The molecule has 2 aromatic carbocycles. The van der Waals surface area contributed by atoms with E-state index in [9.17, 15) is 9.90 Å². The highest BCUT2D eigenvalue weighted by Gasteiger charge is 2.24. The highest BCUT2D eigenvalue weighted by Crippen LogP contribution is 2.28. The molecule has 1 heterocycles. The van der Waals surface area contributed by atoms with E-state index in [0.29, 0.717) is 11.6 Å². The van der Waals surface area contributed by atoms with Crippen LogP contribution < -0.4 is 5.43 Å². The van der Waals surface area contributed by atoms with Gasteiger partial charge in [-0.1, -0.05) is 36.4 Å². The molecule has 24 heavy (non-hydrogen) atoms. The molecule has 0 bridgehead atoms. The summed E-state index contributed by atoms with van der Waals surface area (Å²) in [6.45, 7) is 0. The number of hydrogen-bond donors (Lipinski definition) is 2. The van der Waals surface area contributed by atoms with Gasteiger partial charge in [0.1, 0.15) is 5.75 Å². The van der Waals surface area contributed by atoms with Gasteiger partial charge in [-0.15, -0.1) is 11.3 Å². The van der Waals surface area contributed by atoms with Gasteiger partial charge in [-0.05, 0) is 12.1 Å². The number of nitrogens with zero attached hydrogens (tertiary/aromatic N) is 2. The maximum absolute atomic E-state index is 12.0. The maximum atomic E-state index is 12.0. The zero-order valence-electron chi connectivity index (χ0n) is 12.6. The van der Waals surface area contributed by atoms with Crippen LogP contribution in [0, 0.1) is 0 Å². The molecule has 118 valence electrons. The van der Waals surface area contributed by atoms with Crippen LogP contribution in [0.3, 0.4) is 0 Å². The van der Waals surface area contributed by atoms with Crippen LogP contribution in [0.15, 0.2) is 59.0 Å². The van der Waals surface area contributed by atoms with Crippen molar-refractivity contribution in [1.82, 2.24) is 4.98 Å². The number of ketones is 1. The fourth-order valence-corrected chi connectivity index (χ4v) is 3.32. The number of benzene rings is 2. The quantitative estimate of drug-likeness (QED) is 0.712. The molecule has 3 aromatic rings. The average molecular weight is 335 g/mol. The number of carbonyl (C=O) groups excluding carboxylic acids is 1. The lowest BCUT2D eigenvalue weighted by molar-refractivity contribution is 0.101. The number of hydrogen-bond acceptors (Lipinski definition) is 6. The molecular formula is C18H13N3O2S. The molecule has 1 aliphatic rings. The van der Waals surface area contributed by atoms with Gasteiger partial charge in [0.25, 0.3) is 0 Å². The van der Waals surface area contributed by atoms with Crippen molar-refractivity contribution < 1.29 is 9.90 Å². The fourth-order valence-electron chi connectivity index (χ4n) is 2.66. The molecule has 6 heteroatoms. The molecule has 0 unspecified atom stereocenters. The third-order valence-electron chi connectivity index (χ3n) is 3.80. The van der Waals surface area contributed by atoms with Gasteiger partial charge in [-0.3, -0.25) is 10.2 Å². The van der Waals surface area contributed by atoms with Gasteiger partial charge in [0.15, 0.2) is 5.78 Å². The Labute approximate surface area is 142 Å². The van der Waals surface area contributed by atoms with E-state index in [0.717, 1.165) is 28.1 Å². The van der Waals surface area contributed by atoms with Crippen molar-refractivity contribution in [2.45, 2.75) is 6.42 Å². The Morgan fingerprint density at radius 3 is 2.79 bits per heavy atom. The van der Waals surface area contributed by atoms with Gasteiger partial charge in [0.05, 0.1) is 17.8 Å². The number of carbonyl (C=O) groups is 1. The van der Waals surface area contributed by atoms with Gasteiger partial charge in [0.2, 0.25) is 5.13 Å². The van der Waals surface area contributed by atoms with E-state index in [2.05, 4.69) is 15.5 Å². The molecule has 1 aliphatic carbocycles. The molecule has 0 aliphatic heterocycles. The number of Topliss-reactive ketones (excluding diaryl/α,β-unsaturated/α-hetero) is 1. The first kappa shape index (κ1) is 14.6. The number of nitrogens with one attached hydrogen (secondary N) is 1. The molecule has 0 fully saturated rings. The lowest BCUT2D eigenvalue weighted by Crippen LogP contribution is -2.00. The Kier molecular flexibility index (Phi) is 3.59. The molecule has 0 atom stereocenters. The number of rotatable bonds is 3. The molecule has 0 saturated carbocycles. The fraction of sp³-hybridized carbons (Fsp3) is 0.0556. The summed E-state index contributed by atoms with van der Waals surface area (Å²) in [6, 6.07) is 14.4. The normalized spacial score (nSPS) is 14.8. The van der Waals surface area contributed by atoms with Crippen LogP contribution in [-0.4, -0.2) is 21.6 Å². The smallest absolute Gasteiger partial charge is 0.203 e. The zero-order chi connectivity index (χ0) is 16.5. The molecule has 0 spiro atoms. The van der Waals surface area contributed by atoms with Crippen LogP contribution in [0.5, 0.6) is 5.75 Å². The summed E-state index contributed by atoms with van der Waals surface area (Å²) < 4.78 is 0. The molecule has 0 saturated heterocycles. The van der Waals surface area contributed by atoms with Crippen molar-refractivity contribution in [2.75, 3.05) is 5.43 Å². The van der Waals surface area contributed by atoms with E-state index in [4.69, 9.17) is 0 Å². The van der Waals surface area contributed by atoms with Crippen molar-refractivity contribution in [1.29, 1.82) is 0 Å². The summed E-state index contributed by atoms with van der Waals surface area (Å²) in [7, 11) is 0. The SMILES string of the molecule is O=C1CC(=NNc2nc(-c3cccc(O)c3)cs2)c2ccccc21. The third-order valence-corrected chi connectivity index (χ3v) is 4.55. The number of phenolic OH excluding ortho intramolecular Hbond substituents is 1. The van der Waals surface area contributed by atoms with E-state index >= 15 is 0 Å². The van der Waals surface area contributed by atoms with Crippen molar-refractivity contribution in [3.63, 3.8) is 0 Å². The second-order valence-electron chi connectivity index (χ2n) is 5.40. The summed E-state index contributed by atoms with van der Waals surface area (Å²) in [5.41, 5.74) is 6.86. The zero-order valence-corrected chi connectivity index (χ0v) is 13.4. The first-order valence-corrected chi connectivity index (χ1v) is 8.29. The van der Waals surface area contributed by atoms with E-state index in [1.165, 1.54) is 11.3 Å². The Morgan fingerprint density at radius 1 is 1.12 bits per heavy atom. The number of thiazole rings is 1. The Hall–Kier alpha value is -2.99. The number of aromatic nitrogens is 1. The summed E-state index contributed by atoms with van der Waals surface area (Å²) in [5, 5.41) is 16.4. The second kappa shape index (κ2) is 5.90. The summed E-state index contributed by atoms with van der Waals surface area (Å²) >= 11 is 1.42. The Bertz CT molecular complexity index is 962. The number of hydrazone groups is 1. The van der Waals surface area contributed by atoms with Crippen LogP contribution in [0.2, 0.25) is 0 Å². The summed E-state index contributed by atoms with van der Waals surface area (Å²) in [4.78, 5) is 16.4. The number of fused-ring (bicyclic) bond motifs is 1. The second-order valence-corrected chi connectivity index (χ2v) is 6.26. The van der Waals surface area contributed by atoms with Crippen molar-refractivity contribution in [3.8, 4) is 17.0 Å². The molecule has 4 rings (SSSR count). The largest absolute Gasteiger partial charge is 0.508 e. The van der Waals surface area contributed by atoms with E-state index in [1.54, 1.807) is 18.2 Å². The van der Waals surface area contributed by atoms with Crippen molar-refractivity contribution >= 4 is 28.0 Å². The minimum absolute atomic E-state index is 0.0886. The van der Waals surface area contributed by atoms with Crippen LogP contribution >= 0.6 is 11.3 Å². The number of anilines is 1. The lowest BCUT2D eigenvalue weighted by Gasteiger charge is -2.00. The van der Waals surface area contributed by atoms with E-state index in [-0.39, 0.29) is 11.5 Å². The molecule has 0 radical (unpaired) electrons. The lowest BCUT2D eigenvalue weighted by atomic mass is 10.1. The Morgan fingerprint density at radius 2 is 1.96 bits per heavy atom. The first-order valence-electron chi connectivity index (χ1n) is 7.41. The molecule has 5 nitrogen and oxygen atoms in total. The van der Waals surface area contributed by atoms with Gasteiger partial charge < -0.3 is 5.11 Å². The van der Waals surface area contributed by atoms with Crippen LogP contribution in [0.4, 0.5) is 5.13 Å². The topological polar surface area (TPSA) is 74.6 Å². The highest BCUT2D eigenvalue weighted by atomic mass is 32.1. The van der Waals surface area contributed by atoms with Gasteiger partial charge in [-0.25, -0.2) is 4.98 Å². The van der Waals surface area contributed by atoms with Gasteiger partial charge >= 0.3 is 0 Å². The van der Waals surface area contributed by atoms with Crippen molar-refractivity contribution in [2.24, 2.45) is 5.10 Å². The first-order chi connectivity index (χ1) is 11.7. The van der Waals surface area contributed by atoms with Crippen LogP contribution in [0.1, 0.15) is 22.3 Å². The maximum Gasteiger partial charge on any atom is 0.203 e. The molecular weight excluding hydrogens is 322 g/mol. The highest BCUT2D eigenvalue weighted by molar-refractivity contribution is 7.14. The molecule has 2 N–H and O–H groups in total. The van der Waals surface area contributed by atoms with E-state index in [1.807, 2.05) is 35.7 Å². The van der Waals surface area contributed by atoms with Gasteiger partial charge in [-0.2, -0.15) is 5.10 Å².